The minimum Gasteiger partial charge on any atom is -0.465 e. The van der Waals surface area contributed by atoms with Crippen LogP contribution in [-0.2, 0) is 9.47 Å². The molecule has 0 spiro atoms. The molecule has 1 atom stereocenters. The Hall–Kier alpha value is -3.79. The van der Waals surface area contributed by atoms with Gasteiger partial charge in [-0.2, -0.15) is 0 Å². The van der Waals surface area contributed by atoms with Gasteiger partial charge in [-0.3, -0.25) is 4.90 Å². The lowest BCUT2D eigenvalue weighted by atomic mass is 10.1. The highest BCUT2D eigenvalue weighted by atomic mass is 16.7. The number of nitrogens with zero attached hydrogens (tertiary/aromatic N) is 4. The molecule has 3 aliphatic rings. The van der Waals surface area contributed by atoms with E-state index in [0.29, 0.717) is 48.4 Å². The Morgan fingerprint density at radius 1 is 1.09 bits per heavy atom. The second-order valence-corrected chi connectivity index (χ2v) is 8.42. The van der Waals surface area contributed by atoms with E-state index in [1.54, 1.807) is 29.0 Å². The predicted octanol–water partition coefficient (Wildman–Crippen LogP) is 3.77. The molecule has 0 saturated heterocycles. The number of esters is 1. The number of guanidine groups is 1. The smallest absolute Gasteiger partial charge is 0.337 e. The molecule has 2 aromatic carbocycles. The van der Waals surface area contributed by atoms with Gasteiger partial charge in [0.15, 0.2) is 17.7 Å². The van der Waals surface area contributed by atoms with Gasteiger partial charge in [-0.1, -0.05) is 19.4 Å². The van der Waals surface area contributed by atoms with E-state index in [4.69, 9.17) is 23.9 Å². The van der Waals surface area contributed by atoms with Gasteiger partial charge in [-0.25, -0.2) is 19.5 Å². The Morgan fingerprint density at radius 2 is 1.91 bits per heavy atom. The molecule has 1 unspecified atom stereocenters. The highest BCUT2D eigenvalue weighted by molar-refractivity contribution is 6.29. The monoisotopic (exact) mass is 480 g/mol. The number of anilines is 2. The number of ether oxygens (including phenoxy) is 4. The van der Waals surface area contributed by atoms with Crippen LogP contribution in [0.25, 0.3) is 0 Å². The molecule has 0 aromatic heterocycles. The van der Waals surface area contributed by atoms with Crippen LogP contribution >= 0.6 is 0 Å². The van der Waals surface area contributed by atoms with E-state index < -0.39 is 12.1 Å². The molecule has 0 bridgehead atoms. The zero-order chi connectivity index (χ0) is 24.5. The van der Waals surface area contributed by atoms with Crippen LogP contribution in [0.2, 0.25) is 0 Å². The number of carbonyl (C=O) groups excluding carboxylic acids is 2. The summed E-state index contributed by atoms with van der Waals surface area (Å²) in [6.07, 6.45) is 1.22. The fraction of sp³-hybridized carbons (Fsp3) is 0.400. The van der Waals surface area contributed by atoms with E-state index in [-0.39, 0.29) is 12.8 Å². The Labute approximate surface area is 203 Å². The molecule has 0 aliphatic carbocycles. The highest BCUT2D eigenvalue weighted by Crippen LogP contribution is 2.44. The molecule has 0 N–H and O–H groups in total. The molecule has 3 heterocycles. The maximum atomic E-state index is 14.0. The molecule has 2 amide bonds. The number of urea groups is 1. The normalized spacial score (nSPS) is 17.9. The van der Waals surface area contributed by atoms with Crippen molar-refractivity contribution < 1.29 is 28.5 Å². The average molecular weight is 481 g/mol. The molecule has 10 nitrogen and oxygen atoms in total. The Balaban J connectivity index is 1.62. The number of unbranched alkanes of at least 4 members (excludes halogenated alkanes) is 1. The third-order valence-electron chi connectivity index (χ3n) is 6.31. The predicted molar refractivity (Wildman–Crippen MR) is 129 cm³/mol. The van der Waals surface area contributed by atoms with Gasteiger partial charge in [0.1, 0.15) is 0 Å². The molecular weight excluding hydrogens is 452 g/mol. The minimum atomic E-state index is -0.533. The Morgan fingerprint density at radius 3 is 2.69 bits per heavy atom. The van der Waals surface area contributed by atoms with Gasteiger partial charge in [0.2, 0.25) is 12.8 Å². The van der Waals surface area contributed by atoms with Gasteiger partial charge in [0, 0.05) is 25.8 Å². The molecular formula is C25H28N4O6. The number of hydrogen-bond donors (Lipinski definition) is 0. The number of benzene rings is 2. The van der Waals surface area contributed by atoms with Gasteiger partial charge in [0.05, 0.1) is 30.7 Å². The molecule has 0 fully saturated rings. The lowest BCUT2D eigenvalue weighted by Gasteiger charge is -2.38. The van der Waals surface area contributed by atoms with E-state index in [1.807, 2.05) is 29.2 Å². The largest absolute Gasteiger partial charge is 0.465 e. The highest BCUT2D eigenvalue weighted by Gasteiger charge is 2.45. The fourth-order valence-corrected chi connectivity index (χ4v) is 4.52. The number of carbonyl (C=O) groups is 2. The van der Waals surface area contributed by atoms with Crippen LogP contribution in [-0.4, -0.2) is 63.6 Å². The van der Waals surface area contributed by atoms with Crippen molar-refractivity contribution in [1.29, 1.82) is 0 Å². The first kappa shape index (κ1) is 23.0. The van der Waals surface area contributed by atoms with Crippen LogP contribution in [0.3, 0.4) is 0 Å². The summed E-state index contributed by atoms with van der Waals surface area (Å²) >= 11 is 0. The van der Waals surface area contributed by atoms with Gasteiger partial charge in [-0.15, -0.1) is 0 Å². The van der Waals surface area contributed by atoms with Crippen LogP contribution in [0.4, 0.5) is 16.2 Å². The van der Waals surface area contributed by atoms with Gasteiger partial charge < -0.3 is 23.8 Å². The van der Waals surface area contributed by atoms with Crippen molar-refractivity contribution in [3.8, 4) is 11.5 Å². The van der Waals surface area contributed by atoms with E-state index >= 15 is 0 Å². The van der Waals surface area contributed by atoms with Crippen LogP contribution in [0, 0.1) is 0 Å². The summed E-state index contributed by atoms with van der Waals surface area (Å²) in [6, 6.07) is 10.6. The van der Waals surface area contributed by atoms with Crippen LogP contribution in [0.5, 0.6) is 11.5 Å². The van der Waals surface area contributed by atoms with Gasteiger partial charge in [-0.05, 0) is 36.8 Å². The molecule has 184 valence electrons. The second-order valence-electron chi connectivity index (χ2n) is 8.42. The quantitative estimate of drug-likeness (QED) is 0.531. The molecule has 3 aliphatic heterocycles. The summed E-state index contributed by atoms with van der Waals surface area (Å²) in [5.41, 5.74) is 2.58. The van der Waals surface area contributed by atoms with Crippen molar-refractivity contribution in [2.75, 3.05) is 50.5 Å². The first-order valence-electron chi connectivity index (χ1n) is 11.6. The van der Waals surface area contributed by atoms with Crippen molar-refractivity contribution in [3.05, 3.63) is 47.5 Å². The number of rotatable bonds is 8. The number of hydrogen-bond acceptors (Lipinski definition) is 8. The van der Waals surface area contributed by atoms with Crippen molar-refractivity contribution in [2.24, 2.45) is 4.99 Å². The Kier molecular flexibility index (Phi) is 6.21. The fourth-order valence-electron chi connectivity index (χ4n) is 4.52. The van der Waals surface area contributed by atoms with Gasteiger partial charge >= 0.3 is 12.0 Å². The third-order valence-corrected chi connectivity index (χ3v) is 6.31. The summed E-state index contributed by atoms with van der Waals surface area (Å²) in [6.45, 7) is 3.72. The number of aliphatic imine (C=N–C) groups is 1. The van der Waals surface area contributed by atoms with Gasteiger partial charge in [0.25, 0.3) is 0 Å². The molecule has 0 radical (unpaired) electrons. The first-order chi connectivity index (χ1) is 17.1. The SMILES string of the molecule is CCCCN1C(=O)N2C(=NC1c1ccc3c(c1)OCO3)N(CCOC)c1ccc(C(=O)OC)cc12. The summed E-state index contributed by atoms with van der Waals surface area (Å²) in [7, 11) is 2.96. The molecule has 2 aromatic rings. The van der Waals surface area contributed by atoms with E-state index in [1.165, 1.54) is 7.11 Å². The number of fused-ring (bicyclic) bond motifs is 4. The summed E-state index contributed by atoms with van der Waals surface area (Å²) in [4.78, 5) is 36.6. The van der Waals surface area contributed by atoms with E-state index in [2.05, 4.69) is 6.92 Å². The average Bonchev–Trinajstić information content (AvgIpc) is 3.47. The molecule has 35 heavy (non-hydrogen) atoms. The number of methoxy groups -OCH3 is 2. The maximum absolute atomic E-state index is 14.0. The molecule has 0 saturated carbocycles. The van der Waals surface area contributed by atoms with Crippen molar-refractivity contribution >= 4 is 29.3 Å². The minimum absolute atomic E-state index is 0.173. The summed E-state index contributed by atoms with van der Waals surface area (Å²) in [5, 5.41) is 0. The van der Waals surface area contributed by atoms with Crippen LogP contribution < -0.4 is 19.3 Å². The standard InChI is InChI=1S/C25H28N4O6/c1-4-5-10-28-22(16-7-9-20-21(14-16)35-15-34-20)26-24-27(11-12-32-2)18-8-6-17(23(30)33-3)13-19(18)29(24)25(28)31/h6-9,13-14,22H,4-5,10-12,15H2,1-3H3. The second kappa shape index (κ2) is 9.46. The first-order valence-corrected chi connectivity index (χ1v) is 11.6. The lowest BCUT2D eigenvalue weighted by molar-refractivity contribution is 0.0600. The van der Waals surface area contributed by atoms with Crippen molar-refractivity contribution in [2.45, 2.75) is 25.9 Å². The van der Waals surface area contributed by atoms with Crippen molar-refractivity contribution in [1.82, 2.24) is 4.90 Å². The van der Waals surface area contributed by atoms with E-state index in [0.717, 1.165) is 24.1 Å². The summed E-state index contributed by atoms with van der Waals surface area (Å²) < 4.78 is 21.3. The molecule has 5 rings (SSSR count). The Bertz CT molecular complexity index is 1180. The number of amides is 2. The van der Waals surface area contributed by atoms with Crippen molar-refractivity contribution in [3.63, 3.8) is 0 Å². The maximum Gasteiger partial charge on any atom is 0.337 e. The van der Waals surface area contributed by atoms with Crippen LogP contribution in [0.1, 0.15) is 41.9 Å². The summed E-state index contributed by atoms with van der Waals surface area (Å²) in [5.74, 6) is 1.35. The van der Waals surface area contributed by atoms with E-state index in [9.17, 15) is 9.59 Å². The van der Waals surface area contributed by atoms with Crippen LogP contribution in [0.15, 0.2) is 41.4 Å². The molecule has 10 heteroatoms. The lowest BCUT2D eigenvalue weighted by Crippen LogP contribution is -2.54. The topological polar surface area (TPSA) is 93.1 Å². The zero-order valence-electron chi connectivity index (χ0n) is 20.0. The third kappa shape index (κ3) is 3.93. The zero-order valence-corrected chi connectivity index (χ0v) is 20.0.